The lowest BCUT2D eigenvalue weighted by Gasteiger charge is -2.25. The number of benzene rings is 1. The summed E-state index contributed by atoms with van der Waals surface area (Å²) in [5.74, 6) is 1.23. The molecule has 3 heterocycles. The minimum atomic E-state index is -4.41. The minimum Gasteiger partial charge on any atom is -0.490 e. The van der Waals surface area contributed by atoms with E-state index in [2.05, 4.69) is 36.0 Å². The molecule has 0 saturated carbocycles. The molecule has 2 aromatic heterocycles. The van der Waals surface area contributed by atoms with Crippen LogP contribution in [0.5, 0.6) is 5.75 Å². The van der Waals surface area contributed by atoms with E-state index in [1.165, 1.54) is 30.3 Å². The summed E-state index contributed by atoms with van der Waals surface area (Å²) >= 11 is 0. The van der Waals surface area contributed by atoms with Gasteiger partial charge < -0.3 is 26.4 Å². The predicted octanol–water partition coefficient (Wildman–Crippen LogP) is 2.57. The zero-order chi connectivity index (χ0) is 22.7. The molecule has 0 spiro atoms. The lowest BCUT2D eigenvalue weighted by Crippen LogP contribution is -2.38. The number of halogens is 3. The third kappa shape index (κ3) is 4.66. The van der Waals surface area contributed by atoms with Crippen molar-refractivity contribution in [2.45, 2.75) is 25.1 Å². The van der Waals surface area contributed by atoms with Gasteiger partial charge in [0, 0.05) is 18.3 Å². The monoisotopic (exact) mass is 449 g/mol. The number of anilines is 4. The zero-order valence-electron chi connectivity index (χ0n) is 17.1. The van der Waals surface area contributed by atoms with Crippen LogP contribution in [0.2, 0.25) is 0 Å². The molecule has 4 rings (SSSR count). The molecule has 10 nitrogen and oxygen atoms in total. The molecule has 0 bridgehead atoms. The number of nitrogens with zero attached hydrogens (tertiary/aromatic N) is 5. The number of methoxy groups -OCH3 is 1. The number of hydrogen-bond acceptors (Lipinski definition) is 9. The maximum atomic E-state index is 12.7. The number of alkyl halides is 3. The molecule has 32 heavy (non-hydrogen) atoms. The highest BCUT2D eigenvalue weighted by molar-refractivity contribution is 5.61. The Hall–Kier alpha value is -3.61. The van der Waals surface area contributed by atoms with Gasteiger partial charge in [0.05, 0.1) is 12.7 Å². The second-order valence-electron chi connectivity index (χ2n) is 7.17. The number of ether oxygens (including phenoxy) is 1. The Kier molecular flexibility index (Phi) is 5.99. The lowest BCUT2D eigenvalue weighted by atomic mass is 10.1. The lowest BCUT2D eigenvalue weighted by molar-refractivity contribution is -0.137. The van der Waals surface area contributed by atoms with E-state index < -0.39 is 11.7 Å². The van der Waals surface area contributed by atoms with Gasteiger partial charge in [0.2, 0.25) is 23.5 Å². The van der Waals surface area contributed by atoms with Crippen molar-refractivity contribution in [3.63, 3.8) is 0 Å². The Balaban J connectivity index is 1.57. The van der Waals surface area contributed by atoms with Crippen LogP contribution >= 0.6 is 0 Å². The second-order valence-corrected chi connectivity index (χ2v) is 7.17. The third-order valence-corrected chi connectivity index (χ3v) is 4.93. The average molecular weight is 449 g/mol. The Bertz CT molecular complexity index is 1060. The van der Waals surface area contributed by atoms with Crippen LogP contribution in [-0.2, 0) is 6.18 Å². The van der Waals surface area contributed by atoms with Crippen molar-refractivity contribution < 1.29 is 17.9 Å². The van der Waals surface area contributed by atoms with Crippen LogP contribution < -0.4 is 26.4 Å². The molecule has 0 aliphatic carbocycles. The van der Waals surface area contributed by atoms with E-state index in [1.807, 2.05) is 0 Å². The summed E-state index contributed by atoms with van der Waals surface area (Å²) in [7, 11) is 1.49. The Morgan fingerprint density at radius 3 is 2.66 bits per heavy atom. The smallest absolute Gasteiger partial charge is 0.416 e. The van der Waals surface area contributed by atoms with Crippen LogP contribution in [0.3, 0.4) is 0 Å². The fraction of sp³-hybridized carbons (Fsp3) is 0.368. The first-order valence-electron chi connectivity index (χ1n) is 9.88. The Labute approximate surface area is 181 Å². The maximum absolute atomic E-state index is 12.7. The van der Waals surface area contributed by atoms with Crippen LogP contribution in [0.1, 0.15) is 18.4 Å². The number of nitrogens with one attached hydrogen (secondary N) is 3. The van der Waals surface area contributed by atoms with Gasteiger partial charge in [-0.3, -0.25) is 0 Å². The van der Waals surface area contributed by atoms with E-state index in [4.69, 9.17) is 10.5 Å². The third-order valence-electron chi connectivity index (χ3n) is 4.93. The fourth-order valence-corrected chi connectivity index (χ4v) is 3.38. The van der Waals surface area contributed by atoms with E-state index in [9.17, 15) is 13.2 Å². The van der Waals surface area contributed by atoms with Gasteiger partial charge in [-0.2, -0.15) is 22.8 Å². The van der Waals surface area contributed by atoms with Crippen molar-refractivity contribution >= 4 is 23.4 Å². The van der Waals surface area contributed by atoms with Crippen LogP contribution in [0.25, 0.3) is 5.82 Å². The number of piperidine rings is 1. The molecule has 0 unspecified atom stereocenters. The number of aromatic nitrogens is 5. The van der Waals surface area contributed by atoms with Crippen molar-refractivity contribution in [1.29, 1.82) is 0 Å². The van der Waals surface area contributed by atoms with E-state index in [-0.39, 0.29) is 23.8 Å². The van der Waals surface area contributed by atoms with Gasteiger partial charge in [-0.1, -0.05) is 0 Å². The van der Waals surface area contributed by atoms with Gasteiger partial charge in [-0.05, 0) is 43.7 Å². The van der Waals surface area contributed by atoms with Crippen molar-refractivity contribution in [1.82, 2.24) is 30.0 Å². The first-order valence-corrected chi connectivity index (χ1v) is 9.88. The van der Waals surface area contributed by atoms with Gasteiger partial charge >= 0.3 is 6.18 Å². The van der Waals surface area contributed by atoms with Gasteiger partial charge in [-0.15, -0.1) is 5.10 Å². The number of nitrogens with two attached hydrogens (primary N) is 1. The number of nitrogen functional groups attached to an aromatic ring is 1. The summed E-state index contributed by atoms with van der Waals surface area (Å²) in [6.45, 7) is 1.78. The molecule has 13 heteroatoms. The average Bonchev–Trinajstić information content (AvgIpc) is 3.13. The van der Waals surface area contributed by atoms with Gasteiger partial charge in [0.1, 0.15) is 6.33 Å². The van der Waals surface area contributed by atoms with Gasteiger partial charge in [0.15, 0.2) is 5.82 Å². The highest BCUT2D eigenvalue weighted by atomic mass is 19.4. The standard InChI is InChI=1S/C19H22F3N9O/c1-32-14-15(27-13-3-2-8-24-9-13)25-10-26-16(14)31-17(23)29-18(30-31)28-12-6-4-11(5-7-12)19(20,21)22/h4-7,10,13,24H,2-3,8-9H2,1H3,(H,25,26,27)(H3,23,28,29,30)/t13-/m0/s1. The quantitative estimate of drug-likeness (QED) is 0.449. The first-order chi connectivity index (χ1) is 15.3. The highest BCUT2D eigenvalue weighted by Crippen LogP contribution is 2.32. The summed E-state index contributed by atoms with van der Waals surface area (Å²) in [6.07, 6.45) is -1.01. The fourth-order valence-electron chi connectivity index (χ4n) is 3.38. The Morgan fingerprint density at radius 2 is 2.00 bits per heavy atom. The summed E-state index contributed by atoms with van der Waals surface area (Å²) in [5, 5.41) is 13.8. The van der Waals surface area contributed by atoms with Crippen molar-refractivity contribution in [2.24, 2.45) is 0 Å². The van der Waals surface area contributed by atoms with E-state index >= 15 is 0 Å². The van der Waals surface area contributed by atoms with Gasteiger partial charge in [0.25, 0.3) is 0 Å². The van der Waals surface area contributed by atoms with E-state index in [0.29, 0.717) is 17.3 Å². The highest BCUT2D eigenvalue weighted by Gasteiger charge is 2.30. The summed E-state index contributed by atoms with van der Waals surface area (Å²) in [6, 6.07) is 4.68. The van der Waals surface area contributed by atoms with Crippen molar-refractivity contribution in [3.05, 3.63) is 36.2 Å². The summed E-state index contributed by atoms with van der Waals surface area (Å²) in [5.41, 5.74) is 5.64. The molecule has 1 saturated heterocycles. The van der Waals surface area contributed by atoms with Crippen molar-refractivity contribution in [3.8, 4) is 11.6 Å². The molecule has 1 fully saturated rings. The normalized spacial score (nSPS) is 16.6. The minimum absolute atomic E-state index is 0.0155. The molecule has 3 aromatic rings. The first kappa shape index (κ1) is 21.6. The maximum Gasteiger partial charge on any atom is 0.416 e. The molecule has 1 atom stereocenters. The topological polar surface area (TPSA) is 128 Å². The van der Waals surface area contributed by atoms with Crippen LogP contribution in [-0.4, -0.2) is 51.0 Å². The molecule has 5 N–H and O–H groups in total. The van der Waals surface area contributed by atoms with Crippen LogP contribution in [0.15, 0.2) is 30.6 Å². The molecule has 1 aromatic carbocycles. The molecule has 0 radical (unpaired) electrons. The second kappa shape index (κ2) is 8.86. The van der Waals surface area contributed by atoms with Crippen molar-refractivity contribution in [2.75, 3.05) is 36.6 Å². The molecule has 1 aliphatic heterocycles. The molecular weight excluding hydrogens is 427 g/mol. The molecule has 1 aliphatic rings. The largest absolute Gasteiger partial charge is 0.490 e. The molecule has 170 valence electrons. The summed E-state index contributed by atoms with van der Waals surface area (Å²) in [4.78, 5) is 12.6. The van der Waals surface area contributed by atoms with Gasteiger partial charge in [-0.25, -0.2) is 9.97 Å². The predicted molar refractivity (Wildman–Crippen MR) is 112 cm³/mol. The number of rotatable bonds is 6. The SMILES string of the molecule is COc1c(N[C@H]2CCCNC2)ncnc1-n1nc(Nc2ccc(C(F)(F)F)cc2)nc1N. The van der Waals surface area contributed by atoms with E-state index in [0.717, 1.165) is 38.1 Å². The molecular formula is C19H22F3N9O. The number of hydrogen-bond donors (Lipinski definition) is 4. The molecule has 0 amide bonds. The Morgan fingerprint density at radius 1 is 1.22 bits per heavy atom. The van der Waals surface area contributed by atoms with E-state index in [1.54, 1.807) is 0 Å². The van der Waals surface area contributed by atoms with Crippen LogP contribution in [0.4, 0.5) is 36.6 Å². The summed E-state index contributed by atoms with van der Waals surface area (Å²) < 4.78 is 45.0. The zero-order valence-corrected chi connectivity index (χ0v) is 17.1. The van der Waals surface area contributed by atoms with Crippen LogP contribution in [0, 0.1) is 0 Å².